The summed E-state index contributed by atoms with van der Waals surface area (Å²) in [6, 6.07) is 10.1. The molecule has 1 rings (SSSR count). The van der Waals surface area contributed by atoms with E-state index in [1.165, 1.54) is 5.56 Å². The fourth-order valence-electron chi connectivity index (χ4n) is 1.56. The number of rotatable bonds is 6. The Balaban J connectivity index is 2.50. The summed E-state index contributed by atoms with van der Waals surface area (Å²) in [4.78, 5) is 0. The van der Waals surface area contributed by atoms with Gasteiger partial charge in [0.2, 0.25) is 0 Å². The molecule has 0 N–H and O–H groups in total. The Morgan fingerprint density at radius 2 is 1.53 bits per heavy atom. The highest BCUT2D eigenvalue weighted by atomic mass is 35.5. The predicted molar refractivity (Wildman–Crippen MR) is 78.5 cm³/mol. The van der Waals surface area contributed by atoms with Crippen LogP contribution in [0, 0.1) is 0 Å². The minimum Gasteiger partial charge on any atom is -0.102 e. The van der Waals surface area contributed by atoms with Crippen molar-refractivity contribution in [2.45, 2.75) is 41.3 Å². The van der Waals surface area contributed by atoms with Crippen molar-refractivity contribution in [1.29, 1.82) is 0 Å². The Morgan fingerprint density at radius 1 is 0.941 bits per heavy atom. The lowest BCUT2D eigenvalue weighted by molar-refractivity contribution is 0.571. The Labute approximate surface area is 123 Å². The third-order valence-corrected chi connectivity index (χ3v) is 4.10. The van der Waals surface area contributed by atoms with Crippen molar-refractivity contribution < 1.29 is 0 Å². The molecule has 0 aliphatic rings. The molecular weight excluding hydrogens is 298 g/mol. The maximum Gasteiger partial charge on any atom is 0.121 e. The minimum absolute atomic E-state index is 0.371. The molecule has 0 radical (unpaired) electrons. The fourth-order valence-corrected chi connectivity index (χ4v) is 2.94. The molecular formula is C13H16Cl4. The van der Waals surface area contributed by atoms with Crippen molar-refractivity contribution in [1.82, 2.24) is 0 Å². The van der Waals surface area contributed by atoms with Gasteiger partial charge >= 0.3 is 0 Å². The first-order chi connectivity index (χ1) is 7.85. The van der Waals surface area contributed by atoms with Gasteiger partial charge in [0.05, 0.1) is 0 Å². The maximum atomic E-state index is 6.25. The van der Waals surface area contributed by atoms with Crippen LogP contribution in [0.3, 0.4) is 0 Å². The SMILES string of the molecule is CCC(Cl)(Cl)CC(Cl)(Cl)CCc1ccccc1. The van der Waals surface area contributed by atoms with E-state index < -0.39 is 8.67 Å². The molecule has 0 amide bonds. The van der Waals surface area contributed by atoms with Gasteiger partial charge in [-0.3, -0.25) is 0 Å². The first-order valence-corrected chi connectivity index (χ1v) is 7.15. The van der Waals surface area contributed by atoms with Gasteiger partial charge in [-0.15, -0.1) is 46.4 Å². The number of benzene rings is 1. The summed E-state index contributed by atoms with van der Waals surface area (Å²) in [6.07, 6.45) is 2.46. The Bertz CT molecular complexity index is 333. The van der Waals surface area contributed by atoms with Crippen LogP contribution in [0.15, 0.2) is 30.3 Å². The van der Waals surface area contributed by atoms with Gasteiger partial charge < -0.3 is 0 Å². The summed E-state index contributed by atoms with van der Waals surface area (Å²) in [7, 11) is 0. The summed E-state index contributed by atoms with van der Waals surface area (Å²) in [5.41, 5.74) is 1.21. The van der Waals surface area contributed by atoms with Crippen LogP contribution in [0.5, 0.6) is 0 Å². The highest BCUT2D eigenvalue weighted by Gasteiger charge is 2.34. The molecule has 0 atom stereocenters. The van der Waals surface area contributed by atoms with Crippen LogP contribution in [0.25, 0.3) is 0 Å². The van der Waals surface area contributed by atoms with Crippen molar-refractivity contribution in [3.05, 3.63) is 35.9 Å². The third kappa shape index (κ3) is 6.20. The van der Waals surface area contributed by atoms with E-state index in [0.717, 1.165) is 6.42 Å². The first kappa shape index (κ1) is 15.4. The van der Waals surface area contributed by atoms with Crippen LogP contribution in [-0.2, 0) is 6.42 Å². The monoisotopic (exact) mass is 312 g/mol. The van der Waals surface area contributed by atoms with Crippen LogP contribution < -0.4 is 0 Å². The van der Waals surface area contributed by atoms with Gasteiger partial charge in [-0.2, -0.15) is 0 Å². The summed E-state index contributed by atoms with van der Waals surface area (Å²) >= 11 is 24.7. The van der Waals surface area contributed by atoms with Crippen LogP contribution in [0.4, 0.5) is 0 Å². The standard InChI is InChI=1S/C13H16Cl4/c1-2-12(14,15)10-13(16,17)9-8-11-6-4-3-5-7-11/h3-7H,2,8-10H2,1H3. The van der Waals surface area contributed by atoms with Crippen LogP contribution in [0.1, 0.15) is 31.7 Å². The molecule has 0 spiro atoms. The van der Waals surface area contributed by atoms with Crippen molar-refractivity contribution in [3.8, 4) is 0 Å². The molecule has 0 saturated heterocycles. The molecule has 0 saturated carbocycles. The van der Waals surface area contributed by atoms with Gasteiger partial charge in [-0.25, -0.2) is 0 Å². The maximum absolute atomic E-state index is 6.25. The highest BCUT2D eigenvalue weighted by Crippen LogP contribution is 2.42. The normalized spacial score (nSPS) is 12.8. The quantitative estimate of drug-likeness (QED) is 0.585. The number of hydrogen-bond donors (Lipinski definition) is 0. The van der Waals surface area contributed by atoms with Crippen LogP contribution >= 0.6 is 46.4 Å². The average molecular weight is 314 g/mol. The molecule has 96 valence electrons. The van der Waals surface area contributed by atoms with Gasteiger partial charge in [0.25, 0.3) is 0 Å². The van der Waals surface area contributed by atoms with Crippen LogP contribution in [-0.4, -0.2) is 8.67 Å². The number of aryl methyl sites for hydroxylation is 1. The zero-order chi connectivity index (χ0) is 12.9. The largest absolute Gasteiger partial charge is 0.121 e. The van der Waals surface area contributed by atoms with E-state index in [1.807, 2.05) is 25.1 Å². The molecule has 0 fully saturated rings. The fraction of sp³-hybridized carbons (Fsp3) is 0.538. The molecule has 0 nitrogen and oxygen atoms in total. The smallest absolute Gasteiger partial charge is 0.102 e. The molecule has 0 bridgehead atoms. The summed E-state index contributed by atoms with van der Waals surface area (Å²) in [6.45, 7) is 1.92. The lowest BCUT2D eigenvalue weighted by Gasteiger charge is -2.27. The molecule has 17 heavy (non-hydrogen) atoms. The molecule has 0 heterocycles. The topological polar surface area (TPSA) is 0 Å². The second kappa shape index (κ2) is 6.52. The third-order valence-electron chi connectivity index (χ3n) is 2.66. The summed E-state index contributed by atoms with van der Waals surface area (Å²) < 4.78 is -1.73. The van der Waals surface area contributed by atoms with E-state index in [0.29, 0.717) is 19.3 Å². The van der Waals surface area contributed by atoms with Crippen LogP contribution in [0.2, 0.25) is 0 Å². The summed E-state index contributed by atoms with van der Waals surface area (Å²) in [5.74, 6) is 0. The van der Waals surface area contributed by atoms with Crippen molar-refractivity contribution in [3.63, 3.8) is 0 Å². The van der Waals surface area contributed by atoms with E-state index in [-0.39, 0.29) is 0 Å². The van der Waals surface area contributed by atoms with E-state index in [1.54, 1.807) is 0 Å². The lowest BCUT2D eigenvalue weighted by Crippen LogP contribution is -2.25. The molecule has 1 aromatic rings. The highest BCUT2D eigenvalue weighted by molar-refractivity contribution is 6.52. The lowest BCUT2D eigenvalue weighted by atomic mass is 10.0. The van der Waals surface area contributed by atoms with Gasteiger partial charge in [0.1, 0.15) is 8.67 Å². The second-order valence-electron chi connectivity index (χ2n) is 4.23. The summed E-state index contributed by atoms with van der Waals surface area (Å²) in [5, 5.41) is 0. The number of alkyl halides is 4. The van der Waals surface area contributed by atoms with Crippen molar-refractivity contribution in [2.75, 3.05) is 0 Å². The second-order valence-corrected chi connectivity index (χ2v) is 7.51. The zero-order valence-electron chi connectivity index (χ0n) is 9.73. The van der Waals surface area contributed by atoms with Gasteiger partial charge in [0, 0.05) is 6.42 Å². The zero-order valence-corrected chi connectivity index (χ0v) is 12.8. The Hall–Kier alpha value is 0.380. The molecule has 0 aliphatic carbocycles. The predicted octanol–water partition coefficient (Wildman–Crippen LogP) is 5.77. The average Bonchev–Trinajstić information content (AvgIpc) is 2.27. The Kier molecular flexibility index (Phi) is 5.92. The molecule has 1 aromatic carbocycles. The minimum atomic E-state index is -0.880. The Morgan fingerprint density at radius 3 is 2.06 bits per heavy atom. The van der Waals surface area contributed by atoms with Gasteiger partial charge in [-0.05, 0) is 24.8 Å². The van der Waals surface area contributed by atoms with Gasteiger partial charge in [0.15, 0.2) is 0 Å². The van der Waals surface area contributed by atoms with E-state index >= 15 is 0 Å². The molecule has 0 aromatic heterocycles. The van der Waals surface area contributed by atoms with Crippen molar-refractivity contribution >= 4 is 46.4 Å². The van der Waals surface area contributed by atoms with E-state index in [4.69, 9.17) is 46.4 Å². The molecule has 4 heteroatoms. The number of halogens is 4. The van der Waals surface area contributed by atoms with E-state index in [2.05, 4.69) is 12.1 Å². The van der Waals surface area contributed by atoms with E-state index in [9.17, 15) is 0 Å². The first-order valence-electron chi connectivity index (χ1n) is 5.64. The number of hydrogen-bond acceptors (Lipinski definition) is 0. The van der Waals surface area contributed by atoms with Gasteiger partial charge in [-0.1, -0.05) is 37.3 Å². The molecule has 0 unspecified atom stereocenters. The van der Waals surface area contributed by atoms with Crippen molar-refractivity contribution in [2.24, 2.45) is 0 Å². The molecule has 0 aliphatic heterocycles.